The third kappa shape index (κ3) is 3.05. The summed E-state index contributed by atoms with van der Waals surface area (Å²) in [6.07, 6.45) is 1.16. The quantitative estimate of drug-likeness (QED) is 0.813. The summed E-state index contributed by atoms with van der Waals surface area (Å²) in [6.45, 7) is 8.50. The largest absolute Gasteiger partial charge is 0.497 e. The molecule has 0 bridgehead atoms. The predicted octanol–water partition coefficient (Wildman–Crippen LogP) is 3.60. The third-order valence-electron chi connectivity index (χ3n) is 3.59. The van der Waals surface area contributed by atoms with Gasteiger partial charge < -0.3 is 14.6 Å². The molecule has 0 aliphatic rings. The first-order valence-corrected chi connectivity index (χ1v) is 7.20. The lowest BCUT2D eigenvalue weighted by Gasteiger charge is -2.11. The van der Waals surface area contributed by atoms with Crippen molar-refractivity contribution in [2.45, 2.75) is 33.7 Å². The van der Waals surface area contributed by atoms with Gasteiger partial charge in [-0.05, 0) is 50.6 Å². The number of nitrogens with one attached hydrogen (secondary N) is 1. The maximum absolute atomic E-state index is 5.32. The highest BCUT2D eigenvalue weighted by molar-refractivity contribution is 5.44. The van der Waals surface area contributed by atoms with E-state index in [9.17, 15) is 0 Å². The van der Waals surface area contributed by atoms with Gasteiger partial charge in [-0.15, -0.1) is 0 Å². The Morgan fingerprint density at radius 3 is 2.70 bits per heavy atom. The van der Waals surface area contributed by atoms with Gasteiger partial charge in [-0.2, -0.15) is 0 Å². The van der Waals surface area contributed by atoms with Crippen LogP contribution in [-0.4, -0.2) is 18.2 Å². The van der Waals surface area contributed by atoms with Gasteiger partial charge >= 0.3 is 0 Å². The Labute approximate surface area is 121 Å². The second-order valence-electron chi connectivity index (χ2n) is 5.11. The fourth-order valence-electron chi connectivity index (χ4n) is 2.55. The van der Waals surface area contributed by atoms with E-state index in [0.717, 1.165) is 30.9 Å². The molecule has 20 heavy (non-hydrogen) atoms. The number of hydrogen-bond acceptors (Lipinski definition) is 2. The molecular weight excluding hydrogens is 248 g/mol. The molecule has 0 saturated heterocycles. The Morgan fingerprint density at radius 1 is 1.20 bits per heavy atom. The molecule has 0 atom stereocenters. The summed E-state index contributed by atoms with van der Waals surface area (Å²) in [7, 11) is 1.70. The molecule has 0 radical (unpaired) electrons. The minimum atomic E-state index is 0.889. The zero-order chi connectivity index (χ0) is 14.5. The summed E-state index contributed by atoms with van der Waals surface area (Å²) >= 11 is 0. The second kappa shape index (κ2) is 6.62. The van der Waals surface area contributed by atoms with Gasteiger partial charge in [0, 0.05) is 29.7 Å². The maximum atomic E-state index is 5.32. The molecular formula is C17H24N2O. The maximum Gasteiger partial charge on any atom is 0.120 e. The average molecular weight is 272 g/mol. The molecule has 0 saturated carbocycles. The number of aryl methyl sites for hydroxylation is 1. The Balaban J connectivity index is 2.31. The van der Waals surface area contributed by atoms with Gasteiger partial charge in [0.2, 0.25) is 0 Å². The summed E-state index contributed by atoms with van der Waals surface area (Å²) in [6, 6.07) is 10.5. The van der Waals surface area contributed by atoms with Gasteiger partial charge in [0.05, 0.1) is 7.11 Å². The van der Waals surface area contributed by atoms with E-state index in [-0.39, 0.29) is 0 Å². The van der Waals surface area contributed by atoms with Crippen LogP contribution in [-0.2, 0) is 6.54 Å². The van der Waals surface area contributed by atoms with Crippen molar-refractivity contribution in [1.29, 1.82) is 0 Å². The highest BCUT2D eigenvalue weighted by atomic mass is 16.5. The van der Waals surface area contributed by atoms with Gasteiger partial charge in [-0.3, -0.25) is 0 Å². The number of benzene rings is 1. The first kappa shape index (κ1) is 14.7. The Kier molecular flexibility index (Phi) is 4.85. The monoisotopic (exact) mass is 272 g/mol. The van der Waals surface area contributed by atoms with Gasteiger partial charge in [0.25, 0.3) is 0 Å². The summed E-state index contributed by atoms with van der Waals surface area (Å²) in [5.74, 6) is 0.889. The molecule has 1 heterocycles. The van der Waals surface area contributed by atoms with Crippen LogP contribution >= 0.6 is 0 Å². The van der Waals surface area contributed by atoms with Crippen LogP contribution in [0.5, 0.6) is 5.75 Å². The van der Waals surface area contributed by atoms with Crippen molar-refractivity contribution in [3.05, 3.63) is 47.3 Å². The first-order valence-electron chi connectivity index (χ1n) is 7.20. The summed E-state index contributed by atoms with van der Waals surface area (Å²) in [5.41, 5.74) is 5.06. The van der Waals surface area contributed by atoms with Crippen LogP contribution in [0.1, 0.15) is 30.3 Å². The fourth-order valence-corrected chi connectivity index (χ4v) is 2.55. The van der Waals surface area contributed by atoms with Crippen molar-refractivity contribution in [2.75, 3.05) is 13.7 Å². The molecule has 2 rings (SSSR count). The van der Waals surface area contributed by atoms with E-state index in [1.807, 2.05) is 12.1 Å². The highest BCUT2D eigenvalue weighted by Crippen LogP contribution is 2.23. The minimum absolute atomic E-state index is 0.889. The van der Waals surface area contributed by atoms with E-state index in [0.29, 0.717) is 0 Å². The SMILES string of the molecule is CCCNCc1cc(C)n(-c2cccc(OC)c2)c1C. The van der Waals surface area contributed by atoms with Crippen LogP contribution in [0.25, 0.3) is 5.69 Å². The lowest BCUT2D eigenvalue weighted by Crippen LogP contribution is -2.14. The summed E-state index contributed by atoms with van der Waals surface area (Å²) in [4.78, 5) is 0. The zero-order valence-corrected chi connectivity index (χ0v) is 12.9. The number of aromatic nitrogens is 1. The van der Waals surface area contributed by atoms with Crippen molar-refractivity contribution in [3.63, 3.8) is 0 Å². The van der Waals surface area contributed by atoms with Crippen molar-refractivity contribution in [2.24, 2.45) is 0 Å². The number of rotatable bonds is 6. The van der Waals surface area contributed by atoms with E-state index in [1.54, 1.807) is 7.11 Å². The van der Waals surface area contributed by atoms with Crippen molar-refractivity contribution < 1.29 is 4.74 Å². The second-order valence-corrected chi connectivity index (χ2v) is 5.11. The summed E-state index contributed by atoms with van der Waals surface area (Å²) in [5, 5.41) is 3.47. The lowest BCUT2D eigenvalue weighted by atomic mass is 10.2. The van der Waals surface area contributed by atoms with Crippen molar-refractivity contribution >= 4 is 0 Å². The molecule has 0 fully saturated rings. The fraction of sp³-hybridized carbons (Fsp3) is 0.412. The molecule has 0 aliphatic carbocycles. The average Bonchev–Trinajstić information content (AvgIpc) is 2.74. The Bertz CT molecular complexity index is 572. The summed E-state index contributed by atoms with van der Waals surface area (Å²) < 4.78 is 7.60. The van der Waals surface area contributed by atoms with Crippen LogP contribution < -0.4 is 10.1 Å². The van der Waals surface area contributed by atoms with E-state index in [4.69, 9.17) is 4.74 Å². The topological polar surface area (TPSA) is 26.2 Å². The number of ether oxygens (including phenoxy) is 1. The molecule has 0 aliphatic heterocycles. The molecule has 2 aromatic rings. The van der Waals surface area contributed by atoms with Crippen LogP contribution in [0.15, 0.2) is 30.3 Å². The van der Waals surface area contributed by atoms with Crippen LogP contribution in [0.4, 0.5) is 0 Å². The predicted molar refractivity (Wildman–Crippen MR) is 83.8 cm³/mol. The van der Waals surface area contributed by atoms with E-state index >= 15 is 0 Å². The van der Waals surface area contributed by atoms with Crippen LogP contribution in [0, 0.1) is 13.8 Å². The van der Waals surface area contributed by atoms with Crippen molar-refractivity contribution in [3.8, 4) is 11.4 Å². The molecule has 0 amide bonds. The molecule has 108 valence electrons. The van der Waals surface area contributed by atoms with Gasteiger partial charge in [-0.25, -0.2) is 0 Å². The third-order valence-corrected chi connectivity index (χ3v) is 3.59. The lowest BCUT2D eigenvalue weighted by molar-refractivity contribution is 0.414. The van der Waals surface area contributed by atoms with Crippen LogP contribution in [0.2, 0.25) is 0 Å². The normalized spacial score (nSPS) is 10.8. The van der Waals surface area contributed by atoms with Gasteiger partial charge in [0.15, 0.2) is 0 Å². The standard InChI is InChI=1S/C17H24N2O/c1-5-9-18-12-15-10-13(2)19(14(15)3)16-7-6-8-17(11-16)20-4/h6-8,10-11,18H,5,9,12H2,1-4H3. The molecule has 3 heteroatoms. The molecule has 1 aromatic heterocycles. The number of nitrogens with zero attached hydrogens (tertiary/aromatic N) is 1. The Hall–Kier alpha value is -1.74. The molecule has 3 nitrogen and oxygen atoms in total. The molecule has 0 unspecified atom stereocenters. The van der Waals surface area contributed by atoms with E-state index in [1.165, 1.54) is 17.0 Å². The first-order chi connectivity index (χ1) is 9.67. The molecule has 1 N–H and O–H groups in total. The highest BCUT2D eigenvalue weighted by Gasteiger charge is 2.10. The smallest absolute Gasteiger partial charge is 0.120 e. The number of methoxy groups -OCH3 is 1. The van der Waals surface area contributed by atoms with Crippen LogP contribution in [0.3, 0.4) is 0 Å². The minimum Gasteiger partial charge on any atom is -0.497 e. The van der Waals surface area contributed by atoms with Gasteiger partial charge in [-0.1, -0.05) is 13.0 Å². The zero-order valence-electron chi connectivity index (χ0n) is 12.9. The van der Waals surface area contributed by atoms with Crippen molar-refractivity contribution in [1.82, 2.24) is 9.88 Å². The van der Waals surface area contributed by atoms with Gasteiger partial charge in [0.1, 0.15) is 5.75 Å². The number of hydrogen-bond donors (Lipinski definition) is 1. The Morgan fingerprint density at radius 2 is 2.00 bits per heavy atom. The van der Waals surface area contributed by atoms with E-state index in [2.05, 4.69) is 48.9 Å². The molecule has 1 aromatic carbocycles. The van der Waals surface area contributed by atoms with E-state index < -0.39 is 0 Å². The molecule has 0 spiro atoms.